The van der Waals surface area contributed by atoms with E-state index < -0.39 is 0 Å². The van der Waals surface area contributed by atoms with E-state index in [2.05, 4.69) is 30.0 Å². The average molecular weight is 330 g/mol. The molecule has 1 aliphatic heterocycles. The molecular formula is C15H18N6O3. The smallest absolute Gasteiger partial charge is 0.252 e. The number of hydrogen-bond acceptors (Lipinski definition) is 9. The summed E-state index contributed by atoms with van der Waals surface area (Å²) >= 11 is 0. The monoisotopic (exact) mass is 330 g/mol. The largest absolute Gasteiger partial charge is 0.422 e. The molecule has 126 valence electrons. The van der Waals surface area contributed by atoms with Crippen LogP contribution in [0.5, 0.6) is 0 Å². The molecule has 0 N–H and O–H groups in total. The fourth-order valence-electron chi connectivity index (χ4n) is 2.83. The number of hydrogen-bond donors (Lipinski definition) is 0. The highest BCUT2D eigenvalue weighted by molar-refractivity contribution is 5.81. The van der Waals surface area contributed by atoms with Crippen LogP contribution in [-0.4, -0.2) is 50.9 Å². The van der Waals surface area contributed by atoms with Gasteiger partial charge in [-0.05, 0) is 0 Å². The predicted molar refractivity (Wildman–Crippen MR) is 83.7 cm³/mol. The van der Waals surface area contributed by atoms with E-state index in [0.29, 0.717) is 48.4 Å². The molecule has 9 heteroatoms. The molecular weight excluding hydrogens is 312 g/mol. The second-order valence-corrected chi connectivity index (χ2v) is 5.68. The summed E-state index contributed by atoms with van der Waals surface area (Å²) in [5.41, 5.74) is 1.19. The molecule has 1 aliphatic rings. The van der Waals surface area contributed by atoms with Crippen molar-refractivity contribution >= 4 is 17.0 Å². The number of aromatic nitrogens is 5. The number of morpholine rings is 1. The van der Waals surface area contributed by atoms with Crippen molar-refractivity contribution < 1.29 is 13.7 Å². The highest BCUT2D eigenvalue weighted by atomic mass is 16.5. The summed E-state index contributed by atoms with van der Waals surface area (Å²) in [7, 11) is 0. The maximum Gasteiger partial charge on any atom is 0.252 e. The van der Waals surface area contributed by atoms with Gasteiger partial charge in [-0.25, -0.2) is 9.97 Å². The molecule has 0 aliphatic carbocycles. The van der Waals surface area contributed by atoms with Crippen molar-refractivity contribution in [3.8, 4) is 0 Å². The summed E-state index contributed by atoms with van der Waals surface area (Å²) in [6.07, 6.45) is 2.81. The van der Waals surface area contributed by atoms with Crippen LogP contribution in [-0.2, 0) is 17.6 Å². The lowest BCUT2D eigenvalue weighted by molar-refractivity contribution is 0.0393. The van der Waals surface area contributed by atoms with Crippen molar-refractivity contribution in [2.45, 2.75) is 32.8 Å². The molecule has 3 aromatic rings. The Kier molecular flexibility index (Phi) is 3.85. The van der Waals surface area contributed by atoms with Crippen LogP contribution in [0, 0.1) is 6.92 Å². The van der Waals surface area contributed by atoms with Crippen LogP contribution < -0.4 is 4.90 Å². The summed E-state index contributed by atoms with van der Waals surface area (Å²) in [4.78, 5) is 19.4. The molecule has 0 saturated carbocycles. The van der Waals surface area contributed by atoms with E-state index in [-0.39, 0.29) is 6.10 Å². The van der Waals surface area contributed by atoms with Gasteiger partial charge in [0.25, 0.3) is 5.71 Å². The van der Waals surface area contributed by atoms with Gasteiger partial charge in [0.2, 0.25) is 5.89 Å². The van der Waals surface area contributed by atoms with Crippen LogP contribution >= 0.6 is 0 Å². The van der Waals surface area contributed by atoms with Gasteiger partial charge in [0.05, 0.1) is 12.7 Å². The van der Waals surface area contributed by atoms with Crippen LogP contribution in [0.2, 0.25) is 0 Å². The predicted octanol–water partition coefficient (Wildman–Crippen LogP) is 1.32. The summed E-state index contributed by atoms with van der Waals surface area (Å²) in [6.45, 7) is 5.80. The molecule has 1 atom stereocenters. The lowest BCUT2D eigenvalue weighted by Crippen LogP contribution is -2.44. The minimum atomic E-state index is -0.0286. The maximum absolute atomic E-state index is 5.84. The van der Waals surface area contributed by atoms with Gasteiger partial charge in [0.1, 0.15) is 6.33 Å². The van der Waals surface area contributed by atoms with Gasteiger partial charge in [-0.3, -0.25) is 0 Å². The highest BCUT2D eigenvalue weighted by Gasteiger charge is 2.26. The van der Waals surface area contributed by atoms with Gasteiger partial charge in [0.15, 0.2) is 23.0 Å². The molecule has 4 rings (SSSR count). The third kappa shape index (κ3) is 2.82. The quantitative estimate of drug-likeness (QED) is 0.700. The Hall–Kier alpha value is -2.55. The fourth-order valence-corrected chi connectivity index (χ4v) is 2.83. The molecule has 0 amide bonds. The Labute approximate surface area is 138 Å². The van der Waals surface area contributed by atoms with E-state index in [1.54, 1.807) is 6.92 Å². The van der Waals surface area contributed by atoms with E-state index in [4.69, 9.17) is 13.7 Å². The van der Waals surface area contributed by atoms with Crippen LogP contribution in [0.15, 0.2) is 15.3 Å². The number of aryl methyl sites for hydroxylation is 2. The van der Waals surface area contributed by atoms with Gasteiger partial charge >= 0.3 is 0 Å². The Morgan fingerprint density at radius 2 is 2.21 bits per heavy atom. The zero-order valence-electron chi connectivity index (χ0n) is 13.6. The first-order chi connectivity index (χ1) is 11.7. The van der Waals surface area contributed by atoms with Crippen molar-refractivity contribution in [1.82, 2.24) is 25.1 Å². The van der Waals surface area contributed by atoms with E-state index in [0.717, 1.165) is 18.8 Å². The number of rotatable bonds is 4. The van der Waals surface area contributed by atoms with Crippen LogP contribution in [0.25, 0.3) is 11.2 Å². The molecule has 0 radical (unpaired) electrons. The summed E-state index contributed by atoms with van der Waals surface area (Å²) in [5, 5.41) is 3.99. The number of oxazole rings is 1. The van der Waals surface area contributed by atoms with Crippen molar-refractivity contribution in [1.29, 1.82) is 0 Å². The third-order valence-corrected chi connectivity index (χ3v) is 3.94. The molecule has 0 aromatic carbocycles. The van der Waals surface area contributed by atoms with E-state index in [9.17, 15) is 0 Å². The molecule has 3 aromatic heterocycles. The summed E-state index contributed by atoms with van der Waals surface area (Å²) < 4.78 is 16.5. The van der Waals surface area contributed by atoms with E-state index in [1.165, 1.54) is 6.33 Å². The van der Waals surface area contributed by atoms with Crippen molar-refractivity contribution in [2.24, 2.45) is 0 Å². The zero-order chi connectivity index (χ0) is 16.5. The normalized spacial score (nSPS) is 18.4. The van der Waals surface area contributed by atoms with E-state index >= 15 is 0 Å². The van der Waals surface area contributed by atoms with Crippen molar-refractivity contribution in [2.75, 3.05) is 24.6 Å². The van der Waals surface area contributed by atoms with Gasteiger partial charge in [0, 0.05) is 32.9 Å². The standard InChI is InChI=1S/C15H18N6O3/c1-3-12-19-11(20-24-12)6-10-7-21(4-5-22-10)14-13-15(17-8-16-14)23-9(2)18-13/h8,10H,3-7H2,1-2H3/t10-/m0/s1. The Balaban J connectivity index is 1.53. The molecule has 0 spiro atoms. The number of nitrogens with zero attached hydrogens (tertiary/aromatic N) is 6. The Morgan fingerprint density at radius 3 is 3.04 bits per heavy atom. The number of ether oxygens (including phenoxy) is 1. The zero-order valence-corrected chi connectivity index (χ0v) is 13.6. The summed E-state index contributed by atoms with van der Waals surface area (Å²) in [6, 6.07) is 0. The SMILES string of the molecule is CCc1nc(C[C@H]2CN(c3ncnc4oc(C)nc34)CCO2)no1. The number of fused-ring (bicyclic) bond motifs is 1. The minimum absolute atomic E-state index is 0.0286. The Morgan fingerprint density at radius 1 is 1.29 bits per heavy atom. The van der Waals surface area contributed by atoms with Gasteiger partial charge in [-0.15, -0.1) is 0 Å². The second kappa shape index (κ2) is 6.16. The first-order valence-electron chi connectivity index (χ1n) is 7.99. The first-order valence-corrected chi connectivity index (χ1v) is 7.99. The van der Waals surface area contributed by atoms with Crippen molar-refractivity contribution in [3.63, 3.8) is 0 Å². The Bertz CT molecular complexity index is 845. The van der Waals surface area contributed by atoms with Crippen LogP contribution in [0.1, 0.15) is 24.5 Å². The van der Waals surface area contributed by atoms with Gasteiger partial charge < -0.3 is 18.6 Å². The van der Waals surface area contributed by atoms with Gasteiger partial charge in [-0.1, -0.05) is 12.1 Å². The summed E-state index contributed by atoms with van der Waals surface area (Å²) in [5.74, 6) is 2.67. The van der Waals surface area contributed by atoms with Crippen molar-refractivity contribution in [3.05, 3.63) is 23.9 Å². The average Bonchev–Trinajstić information content (AvgIpc) is 3.19. The maximum atomic E-state index is 5.84. The van der Waals surface area contributed by atoms with Crippen LogP contribution in [0.3, 0.4) is 0 Å². The fraction of sp³-hybridized carbons (Fsp3) is 0.533. The topological polar surface area (TPSA) is 103 Å². The molecule has 9 nitrogen and oxygen atoms in total. The molecule has 1 saturated heterocycles. The molecule has 0 bridgehead atoms. The first kappa shape index (κ1) is 15.0. The minimum Gasteiger partial charge on any atom is -0.422 e. The van der Waals surface area contributed by atoms with Gasteiger partial charge in [-0.2, -0.15) is 9.97 Å². The van der Waals surface area contributed by atoms with Crippen LogP contribution in [0.4, 0.5) is 5.82 Å². The molecule has 0 unspecified atom stereocenters. The lowest BCUT2D eigenvalue weighted by Gasteiger charge is -2.33. The molecule has 4 heterocycles. The molecule has 1 fully saturated rings. The highest BCUT2D eigenvalue weighted by Crippen LogP contribution is 2.24. The molecule has 24 heavy (non-hydrogen) atoms. The second-order valence-electron chi connectivity index (χ2n) is 5.68. The third-order valence-electron chi connectivity index (χ3n) is 3.94. The lowest BCUT2D eigenvalue weighted by atomic mass is 10.2. The number of anilines is 1. The van der Waals surface area contributed by atoms with E-state index in [1.807, 2.05) is 6.92 Å².